The van der Waals surface area contributed by atoms with E-state index in [0.29, 0.717) is 6.42 Å². The molecule has 2 saturated heterocycles. The fourth-order valence-corrected chi connectivity index (χ4v) is 3.96. The Bertz CT molecular complexity index is 773. The lowest BCUT2D eigenvalue weighted by Crippen LogP contribution is -2.42. The number of carbonyl (C=O) groups is 2. The lowest BCUT2D eigenvalue weighted by Gasteiger charge is -2.25. The number of likely N-dealkylation sites (tertiary alicyclic amines) is 1. The first-order valence-electron chi connectivity index (χ1n) is 8.84. The van der Waals surface area contributed by atoms with Crippen LogP contribution in [0.25, 0.3) is 10.8 Å². The average Bonchev–Trinajstić information content (AvgIpc) is 2.80. The topological polar surface area (TPSA) is 40.6 Å². The van der Waals surface area contributed by atoms with E-state index in [1.165, 1.54) is 17.7 Å². The summed E-state index contributed by atoms with van der Waals surface area (Å²) in [7, 11) is 0. The van der Waals surface area contributed by atoms with Crippen LogP contribution in [0, 0.1) is 0 Å². The molecule has 2 amide bonds. The second kappa shape index (κ2) is 6.36. The van der Waals surface area contributed by atoms with Crippen molar-refractivity contribution in [3.8, 4) is 0 Å². The molecular formula is C20H22N2O2. The lowest BCUT2D eigenvalue weighted by molar-refractivity contribution is -0.122. The number of hydrogen-bond donors (Lipinski definition) is 0. The van der Waals surface area contributed by atoms with Crippen LogP contribution in [0.15, 0.2) is 42.5 Å². The van der Waals surface area contributed by atoms with Gasteiger partial charge in [-0.3, -0.25) is 14.5 Å². The number of hydrogen-bond acceptors (Lipinski definition) is 3. The van der Waals surface area contributed by atoms with Gasteiger partial charge in [0, 0.05) is 5.39 Å². The number of carbonyl (C=O) groups excluding carboxylic acids is 2. The first-order chi connectivity index (χ1) is 11.8. The van der Waals surface area contributed by atoms with Crippen LogP contribution < -0.4 is 4.90 Å². The molecule has 0 bridgehead atoms. The molecule has 0 aromatic heterocycles. The van der Waals surface area contributed by atoms with Crippen molar-refractivity contribution < 1.29 is 9.59 Å². The zero-order chi connectivity index (χ0) is 16.5. The Morgan fingerprint density at radius 3 is 2.33 bits per heavy atom. The van der Waals surface area contributed by atoms with Crippen molar-refractivity contribution in [3.05, 3.63) is 42.5 Å². The van der Waals surface area contributed by atoms with Crippen LogP contribution in [-0.2, 0) is 9.59 Å². The monoisotopic (exact) mass is 322 g/mol. The zero-order valence-electron chi connectivity index (χ0n) is 13.8. The van der Waals surface area contributed by atoms with Gasteiger partial charge in [-0.25, -0.2) is 4.90 Å². The molecule has 2 heterocycles. The smallest absolute Gasteiger partial charge is 0.251 e. The zero-order valence-corrected chi connectivity index (χ0v) is 13.8. The average molecular weight is 322 g/mol. The van der Waals surface area contributed by atoms with E-state index >= 15 is 0 Å². The molecule has 0 radical (unpaired) electrons. The summed E-state index contributed by atoms with van der Waals surface area (Å²) in [6.07, 6.45) is 4.98. The highest BCUT2D eigenvalue weighted by atomic mass is 16.2. The van der Waals surface area contributed by atoms with Crippen LogP contribution in [0.4, 0.5) is 5.69 Å². The van der Waals surface area contributed by atoms with Gasteiger partial charge in [-0.1, -0.05) is 49.2 Å². The third-order valence-corrected chi connectivity index (χ3v) is 5.21. The highest BCUT2D eigenvalue weighted by Gasteiger charge is 2.43. The molecule has 2 fully saturated rings. The number of amides is 2. The summed E-state index contributed by atoms with van der Waals surface area (Å²) in [5, 5.41) is 2.01. The van der Waals surface area contributed by atoms with Gasteiger partial charge < -0.3 is 0 Å². The predicted octanol–water partition coefficient (Wildman–Crippen LogP) is 3.35. The summed E-state index contributed by atoms with van der Waals surface area (Å²) < 4.78 is 0. The highest BCUT2D eigenvalue weighted by molar-refractivity contribution is 6.25. The number of rotatable bonds is 2. The summed E-state index contributed by atoms with van der Waals surface area (Å²) >= 11 is 0. The van der Waals surface area contributed by atoms with Crippen molar-refractivity contribution >= 4 is 28.3 Å². The fourth-order valence-electron chi connectivity index (χ4n) is 3.96. The number of imide groups is 1. The summed E-state index contributed by atoms with van der Waals surface area (Å²) in [6.45, 7) is 1.85. The Morgan fingerprint density at radius 2 is 1.54 bits per heavy atom. The van der Waals surface area contributed by atoms with E-state index in [-0.39, 0.29) is 17.9 Å². The van der Waals surface area contributed by atoms with Crippen molar-refractivity contribution in [1.82, 2.24) is 4.90 Å². The molecule has 124 valence electrons. The van der Waals surface area contributed by atoms with Gasteiger partial charge in [-0.05, 0) is 37.4 Å². The number of fused-ring (bicyclic) bond motifs is 1. The largest absolute Gasteiger partial charge is 0.292 e. The molecule has 2 aliphatic heterocycles. The van der Waals surface area contributed by atoms with Gasteiger partial charge in [-0.15, -0.1) is 0 Å². The van der Waals surface area contributed by atoms with Crippen LogP contribution in [0.5, 0.6) is 0 Å². The molecule has 2 aliphatic rings. The molecule has 2 aromatic rings. The molecule has 24 heavy (non-hydrogen) atoms. The molecule has 0 N–H and O–H groups in total. The third kappa shape index (κ3) is 2.61. The van der Waals surface area contributed by atoms with Crippen LogP contribution >= 0.6 is 0 Å². The first-order valence-corrected chi connectivity index (χ1v) is 8.84. The standard InChI is InChI=1S/C20H22N2O2/c23-19-14-18(21-12-5-1-2-6-13-21)20(24)22(19)17-11-7-9-15-8-3-4-10-16(15)17/h3-4,7-11,18H,1-2,5-6,12-14H2/t18-/m0/s1. The summed E-state index contributed by atoms with van der Waals surface area (Å²) in [6, 6.07) is 13.4. The normalized spacial score (nSPS) is 23.0. The van der Waals surface area contributed by atoms with Crippen molar-refractivity contribution in [2.45, 2.75) is 38.1 Å². The van der Waals surface area contributed by atoms with E-state index in [0.717, 1.165) is 42.4 Å². The fraction of sp³-hybridized carbons (Fsp3) is 0.400. The van der Waals surface area contributed by atoms with E-state index in [1.54, 1.807) is 0 Å². The molecule has 0 saturated carbocycles. The first kappa shape index (κ1) is 15.3. The maximum Gasteiger partial charge on any atom is 0.251 e. The molecule has 0 spiro atoms. The van der Waals surface area contributed by atoms with E-state index < -0.39 is 0 Å². The van der Waals surface area contributed by atoms with E-state index in [1.807, 2.05) is 42.5 Å². The summed E-state index contributed by atoms with van der Waals surface area (Å²) in [5.41, 5.74) is 0.723. The Balaban J connectivity index is 1.68. The van der Waals surface area contributed by atoms with Crippen LogP contribution in [0.3, 0.4) is 0 Å². The Labute approximate surface area is 142 Å². The van der Waals surface area contributed by atoms with Gasteiger partial charge in [0.05, 0.1) is 18.2 Å². The van der Waals surface area contributed by atoms with Gasteiger partial charge >= 0.3 is 0 Å². The van der Waals surface area contributed by atoms with Gasteiger partial charge in [-0.2, -0.15) is 0 Å². The van der Waals surface area contributed by atoms with E-state index in [9.17, 15) is 9.59 Å². The van der Waals surface area contributed by atoms with Crippen LogP contribution in [-0.4, -0.2) is 35.8 Å². The minimum absolute atomic E-state index is 0.0572. The van der Waals surface area contributed by atoms with Crippen molar-refractivity contribution in [1.29, 1.82) is 0 Å². The van der Waals surface area contributed by atoms with Crippen molar-refractivity contribution in [2.24, 2.45) is 0 Å². The summed E-state index contributed by atoms with van der Waals surface area (Å²) in [5.74, 6) is -0.135. The Hall–Kier alpha value is -2.20. The van der Waals surface area contributed by atoms with Gasteiger partial charge in [0.1, 0.15) is 0 Å². The van der Waals surface area contributed by atoms with Gasteiger partial charge in [0.2, 0.25) is 5.91 Å². The molecule has 0 aliphatic carbocycles. The maximum atomic E-state index is 13.0. The quantitative estimate of drug-likeness (QED) is 0.796. The molecule has 4 nitrogen and oxygen atoms in total. The Morgan fingerprint density at radius 1 is 0.833 bits per heavy atom. The number of nitrogens with zero attached hydrogens (tertiary/aromatic N) is 2. The van der Waals surface area contributed by atoms with Crippen molar-refractivity contribution in [2.75, 3.05) is 18.0 Å². The second-order valence-corrected chi connectivity index (χ2v) is 6.74. The van der Waals surface area contributed by atoms with E-state index in [2.05, 4.69) is 4.90 Å². The van der Waals surface area contributed by atoms with Crippen LogP contribution in [0.1, 0.15) is 32.1 Å². The molecular weight excluding hydrogens is 300 g/mol. The lowest BCUT2D eigenvalue weighted by atomic mass is 10.1. The minimum atomic E-state index is -0.283. The minimum Gasteiger partial charge on any atom is -0.292 e. The summed E-state index contributed by atoms with van der Waals surface area (Å²) in [4.78, 5) is 29.3. The van der Waals surface area contributed by atoms with Crippen LogP contribution in [0.2, 0.25) is 0 Å². The third-order valence-electron chi connectivity index (χ3n) is 5.21. The molecule has 4 rings (SSSR count). The van der Waals surface area contributed by atoms with Gasteiger partial charge in [0.15, 0.2) is 0 Å². The second-order valence-electron chi connectivity index (χ2n) is 6.74. The number of anilines is 1. The molecule has 1 atom stereocenters. The van der Waals surface area contributed by atoms with Gasteiger partial charge in [0.25, 0.3) is 5.91 Å². The Kier molecular flexibility index (Phi) is 4.07. The molecule has 2 aromatic carbocycles. The SMILES string of the molecule is O=C1C[C@H](N2CCCCCC2)C(=O)N1c1cccc2ccccc12. The molecule has 4 heteroatoms. The predicted molar refractivity (Wildman–Crippen MR) is 94.9 cm³/mol. The highest BCUT2D eigenvalue weighted by Crippen LogP contribution is 2.32. The maximum absolute atomic E-state index is 13.0. The number of benzene rings is 2. The van der Waals surface area contributed by atoms with Crippen molar-refractivity contribution in [3.63, 3.8) is 0 Å². The van der Waals surface area contributed by atoms with E-state index in [4.69, 9.17) is 0 Å². The molecule has 0 unspecified atom stereocenters.